The zero-order chi connectivity index (χ0) is 68.6. The molecule has 16 rings (SSSR count). The van der Waals surface area contributed by atoms with Gasteiger partial charge in [0.1, 0.15) is 0 Å². The first kappa shape index (κ1) is 64.1. The Morgan fingerprint density at radius 2 is 0.451 bits per heavy atom. The van der Waals surface area contributed by atoms with Gasteiger partial charge in [0.15, 0.2) is 0 Å². The molecule has 0 saturated heterocycles. The molecule has 0 bridgehead atoms. The van der Waals surface area contributed by atoms with Crippen LogP contribution in [0.4, 0.5) is 68.2 Å². The van der Waals surface area contributed by atoms with Gasteiger partial charge in [0.05, 0.1) is 22.7 Å². The molecule has 0 fully saturated rings. The molecule has 102 heavy (non-hydrogen) atoms. The maximum atomic E-state index is 4.07. The molecule has 0 N–H and O–H groups in total. The first-order valence-electron chi connectivity index (χ1n) is 34.3. The third-order valence-corrected chi connectivity index (χ3v) is 20.8. The van der Waals surface area contributed by atoms with Crippen LogP contribution in [-0.2, 0) is 0 Å². The van der Waals surface area contributed by atoms with Crippen LogP contribution in [0.2, 0.25) is 0 Å². The minimum absolute atomic E-state index is 1.04. The Kier molecular flexibility index (Phi) is 18.5. The van der Waals surface area contributed by atoms with Crippen LogP contribution >= 0.6 is 23.5 Å². The fourth-order valence-electron chi connectivity index (χ4n) is 13.8. The summed E-state index contributed by atoms with van der Waals surface area (Å²) >= 11 is 3.49. The van der Waals surface area contributed by atoms with Gasteiger partial charge in [-0.2, -0.15) is 0 Å². The summed E-state index contributed by atoms with van der Waals surface area (Å²) in [7, 11) is 0. The summed E-state index contributed by atoms with van der Waals surface area (Å²) in [6, 6.07) is 136. The van der Waals surface area contributed by atoms with Gasteiger partial charge in [-0.15, -0.1) is 0 Å². The number of fused-ring (bicyclic) bond motifs is 4. The van der Waals surface area contributed by atoms with Gasteiger partial charge in [0, 0.05) is 86.6 Å². The molecule has 0 unspecified atom stereocenters. The number of nitrogens with zero attached hydrogens (tertiary/aromatic N) is 4. The molecule has 486 valence electrons. The zero-order valence-corrected chi connectivity index (χ0v) is 57.8. The lowest BCUT2D eigenvalue weighted by Gasteiger charge is -2.30. The lowest BCUT2D eigenvalue weighted by Crippen LogP contribution is -2.13. The van der Waals surface area contributed by atoms with E-state index in [1.165, 1.54) is 48.0 Å². The van der Waals surface area contributed by atoms with Crippen LogP contribution in [0.5, 0.6) is 0 Å². The van der Waals surface area contributed by atoms with Crippen molar-refractivity contribution in [3.05, 3.63) is 425 Å². The van der Waals surface area contributed by atoms with E-state index in [0.717, 1.165) is 105 Å². The molecule has 0 spiro atoms. The third-order valence-electron chi connectivity index (χ3n) is 18.6. The normalized spacial score (nSPS) is 11.6. The molecule has 0 atom stereocenters. The predicted octanol–water partition coefficient (Wildman–Crippen LogP) is 28.5. The Hall–Kier alpha value is -12.6. The van der Waals surface area contributed by atoms with E-state index in [0.29, 0.717) is 0 Å². The Morgan fingerprint density at radius 1 is 0.216 bits per heavy atom. The fourth-order valence-corrected chi connectivity index (χ4v) is 15.7. The highest BCUT2D eigenvalue weighted by molar-refractivity contribution is 8.08. The number of thioether (sulfide) groups is 2. The van der Waals surface area contributed by atoms with Crippen LogP contribution in [-0.4, -0.2) is 0 Å². The van der Waals surface area contributed by atoms with Crippen molar-refractivity contribution < 1.29 is 0 Å². The quantitative estimate of drug-likeness (QED) is 0.0521. The molecule has 0 saturated carbocycles. The van der Waals surface area contributed by atoms with Crippen molar-refractivity contribution >= 4 is 145 Å². The Labute approximate surface area is 605 Å². The Bertz CT molecular complexity index is 5700. The maximum Gasteiger partial charge on any atom is 0.0540 e. The largest absolute Gasteiger partial charge is 0.310 e. The summed E-state index contributed by atoms with van der Waals surface area (Å²) in [6.45, 7) is 8.10. The van der Waals surface area contributed by atoms with E-state index in [4.69, 9.17) is 0 Å². The molecular formula is C96H70N4S2. The molecule has 6 heteroatoms. The maximum absolute atomic E-state index is 4.07. The summed E-state index contributed by atoms with van der Waals surface area (Å²) in [5.74, 6) is 0. The van der Waals surface area contributed by atoms with Crippen molar-refractivity contribution in [3.63, 3.8) is 0 Å². The van der Waals surface area contributed by atoms with E-state index in [9.17, 15) is 0 Å². The van der Waals surface area contributed by atoms with Crippen molar-refractivity contribution in [2.45, 2.75) is 9.79 Å². The highest BCUT2D eigenvalue weighted by Gasteiger charge is 2.23. The van der Waals surface area contributed by atoms with Crippen LogP contribution in [0.1, 0.15) is 11.1 Å². The number of allylic oxidation sites excluding steroid dienone is 4. The molecular weight excluding hydrogens is 1270 g/mol. The van der Waals surface area contributed by atoms with Crippen molar-refractivity contribution in [2.24, 2.45) is 0 Å². The molecule has 0 radical (unpaired) electrons. The molecule has 0 aliphatic rings. The SMILES string of the molecule is C=C/C=C(\Sc1ccc(N(c2ccc(N(c3ccc(-c4ccc(N(c5ccc(N(c6ccc(/C(=C/C=C)Sc7ccccc7)cc6)c6cccc7ccccc67)cc5)c5cccc6ccccc56)cc4)cc3)c3cccc4ccccc34)cc2)c2cccc3ccccc23)cc1)c1ccccc1. The van der Waals surface area contributed by atoms with Gasteiger partial charge in [-0.3, -0.25) is 0 Å². The smallest absolute Gasteiger partial charge is 0.0540 e. The molecule has 0 aliphatic heterocycles. The first-order valence-corrected chi connectivity index (χ1v) is 36.0. The molecule has 0 heterocycles. The number of anilines is 12. The van der Waals surface area contributed by atoms with Gasteiger partial charge >= 0.3 is 0 Å². The van der Waals surface area contributed by atoms with Crippen LogP contribution in [0.25, 0.3) is 64.0 Å². The van der Waals surface area contributed by atoms with Crippen LogP contribution in [0.3, 0.4) is 0 Å². The molecule has 0 aromatic heterocycles. The average Bonchev–Trinajstić information content (AvgIpc) is 0.774. The van der Waals surface area contributed by atoms with E-state index in [2.05, 4.69) is 421 Å². The number of benzene rings is 16. The molecule has 0 amide bonds. The van der Waals surface area contributed by atoms with E-state index in [1.54, 1.807) is 23.5 Å². The fraction of sp³-hybridized carbons (Fsp3) is 0. The van der Waals surface area contributed by atoms with Gasteiger partial charge in [-0.25, -0.2) is 0 Å². The minimum atomic E-state index is 1.04. The van der Waals surface area contributed by atoms with Crippen molar-refractivity contribution in [3.8, 4) is 11.1 Å². The average molecular weight is 1340 g/mol. The van der Waals surface area contributed by atoms with Crippen molar-refractivity contribution in [1.29, 1.82) is 0 Å². The lowest BCUT2D eigenvalue weighted by molar-refractivity contribution is 1.26. The van der Waals surface area contributed by atoms with E-state index < -0.39 is 0 Å². The van der Waals surface area contributed by atoms with Crippen molar-refractivity contribution in [2.75, 3.05) is 19.6 Å². The summed E-state index contributed by atoms with van der Waals surface area (Å²) in [5.41, 5.74) is 17.3. The predicted molar refractivity (Wildman–Crippen MR) is 442 cm³/mol. The summed E-state index contributed by atoms with van der Waals surface area (Å²) in [4.78, 5) is 14.1. The number of hydrogen-bond donors (Lipinski definition) is 0. The molecule has 16 aromatic rings. The van der Waals surface area contributed by atoms with E-state index >= 15 is 0 Å². The summed E-state index contributed by atoms with van der Waals surface area (Å²) in [6.07, 6.45) is 7.91. The number of hydrogen-bond acceptors (Lipinski definition) is 6. The molecule has 4 nitrogen and oxygen atoms in total. The zero-order valence-electron chi connectivity index (χ0n) is 56.1. The van der Waals surface area contributed by atoms with Crippen LogP contribution < -0.4 is 19.6 Å². The second kappa shape index (κ2) is 29.5. The minimum Gasteiger partial charge on any atom is -0.310 e. The van der Waals surface area contributed by atoms with Gasteiger partial charge in [-0.1, -0.05) is 279 Å². The highest BCUT2D eigenvalue weighted by Crippen LogP contribution is 2.48. The van der Waals surface area contributed by atoms with Crippen LogP contribution in [0.15, 0.2) is 423 Å². The topological polar surface area (TPSA) is 13.0 Å². The molecule has 0 aliphatic carbocycles. The first-order chi connectivity index (χ1) is 50.5. The van der Waals surface area contributed by atoms with Gasteiger partial charge < -0.3 is 19.6 Å². The van der Waals surface area contributed by atoms with Crippen LogP contribution in [0, 0.1) is 0 Å². The van der Waals surface area contributed by atoms with Gasteiger partial charge in [0.25, 0.3) is 0 Å². The summed E-state index contributed by atoms with van der Waals surface area (Å²) in [5, 5.41) is 9.39. The number of rotatable bonds is 21. The standard InChI is InChI=1S/C96H70N4S2/c1-3-23-95(75-29-7-5-8-30-75)102-86-67-65-84(66-68-86)100(94-44-22-34-74-28-14-18-40-90(74)94)83-63-61-81(62-64-83)98(92-42-20-32-72-26-12-16-38-88(72)92)78-53-47-70(48-54-78)69-45-51-77(52-46-69)97(91-41-19-31-71-25-11-15-37-87(71)91)80-57-59-82(60-58-80)99(93-43-21-33-73-27-13-17-39-89(73)93)79-55-49-76(50-56-79)96(24-4-2)101-85-35-9-6-10-36-85/h3-68H,1-2H2/b95-23-,96-24-. The van der Waals surface area contributed by atoms with Crippen molar-refractivity contribution in [1.82, 2.24) is 0 Å². The third kappa shape index (κ3) is 13.3. The highest BCUT2D eigenvalue weighted by atomic mass is 32.2. The second-order valence-electron chi connectivity index (χ2n) is 24.9. The molecule has 16 aromatic carbocycles. The van der Waals surface area contributed by atoms with Gasteiger partial charge in [-0.05, 0) is 202 Å². The van der Waals surface area contributed by atoms with Gasteiger partial charge in [0.2, 0.25) is 0 Å². The lowest BCUT2D eigenvalue weighted by atomic mass is 10.0. The summed E-state index contributed by atoms with van der Waals surface area (Å²) < 4.78 is 0. The Morgan fingerprint density at radius 3 is 0.765 bits per heavy atom. The van der Waals surface area contributed by atoms with E-state index in [-0.39, 0.29) is 0 Å². The second-order valence-corrected chi connectivity index (χ2v) is 27.1. The monoisotopic (exact) mass is 1340 g/mol. The Balaban J connectivity index is 0.729. The van der Waals surface area contributed by atoms with E-state index in [1.807, 2.05) is 12.2 Å².